The van der Waals surface area contributed by atoms with E-state index in [-0.39, 0.29) is 30.5 Å². The molecule has 1 unspecified atom stereocenters. The quantitative estimate of drug-likeness (QED) is 0.224. The van der Waals surface area contributed by atoms with E-state index in [2.05, 4.69) is 0 Å². The molecule has 0 bridgehead atoms. The molecule has 2 aromatic rings. The highest BCUT2D eigenvalue weighted by Crippen LogP contribution is 2.49. The summed E-state index contributed by atoms with van der Waals surface area (Å²) in [4.78, 5) is 27.5. The highest BCUT2D eigenvalue weighted by Gasteiger charge is 2.55. The zero-order chi connectivity index (χ0) is 33.7. The molecular formula is C33H39F6N2O4+. The van der Waals surface area contributed by atoms with Crippen LogP contribution in [0.5, 0.6) is 5.75 Å². The van der Waals surface area contributed by atoms with Gasteiger partial charge in [-0.25, -0.2) is 0 Å². The molecule has 246 valence electrons. The normalized spacial score (nSPS) is 22.0. The highest BCUT2D eigenvalue weighted by molar-refractivity contribution is 5.93. The Morgan fingerprint density at radius 2 is 1.67 bits per heavy atom. The van der Waals surface area contributed by atoms with Crippen LogP contribution in [-0.2, 0) is 28.3 Å². The summed E-state index contributed by atoms with van der Waals surface area (Å²) in [5.41, 5.74) is -0.0718. The summed E-state index contributed by atoms with van der Waals surface area (Å²) in [6.07, 6.45) is -8.84. The van der Waals surface area contributed by atoms with Crippen LogP contribution in [0.2, 0.25) is 0 Å². The van der Waals surface area contributed by atoms with Gasteiger partial charge in [-0.2, -0.15) is 35.6 Å². The Labute approximate surface area is 259 Å². The number of nitrogens with zero attached hydrogens (tertiary/aromatic N) is 2. The van der Waals surface area contributed by atoms with Crippen LogP contribution in [0.4, 0.5) is 42.5 Å². The third-order valence-electron chi connectivity index (χ3n) is 9.11. The first kappa shape index (κ1) is 34.3. The van der Waals surface area contributed by atoms with Gasteiger partial charge in [0.05, 0.1) is 18.2 Å². The summed E-state index contributed by atoms with van der Waals surface area (Å²) >= 11 is 0. The summed E-state index contributed by atoms with van der Waals surface area (Å²) in [7, 11) is 3.16. The number of quaternary nitrogens is 1. The predicted octanol–water partition coefficient (Wildman–Crippen LogP) is 8.79. The molecule has 0 N–H and O–H groups in total. The minimum atomic E-state index is -5.09. The van der Waals surface area contributed by atoms with E-state index in [1.807, 2.05) is 32.9 Å². The molecule has 1 aliphatic heterocycles. The van der Waals surface area contributed by atoms with E-state index in [4.69, 9.17) is 9.47 Å². The van der Waals surface area contributed by atoms with Crippen LogP contribution < -0.4 is 14.1 Å². The van der Waals surface area contributed by atoms with Crippen molar-refractivity contribution in [1.82, 2.24) is 4.48 Å². The molecule has 12 heteroatoms. The standard InChI is InChI=1S/C33H39F6N2O4/c1-8-21-11-29(44-7)27(15-28(21)40(6)20(3)42)26-9-10-31(4,5)16-22(26)17-41(19(2)18-45-30(41)43)25-13-23(32(34,35)36)12-24(14-25)33(37,38)39/h11-15,19H,8-10,16-18H2,1-7H3/q+1/t19-,41?/m0/s1. The number of anilines is 1. The fourth-order valence-electron chi connectivity index (χ4n) is 6.43. The number of carbonyl (C=O) groups is 2. The Balaban J connectivity index is 2.03. The summed E-state index contributed by atoms with van der Waals surface area (Å²) in [5, 5.41) is 0. The minimum absolute atomic E-state index is 0.0632. The molecule has 2 amide bonds. The van der Waals surface area contributed by atoms with Crippen molar-refractivity contribution in [3.8, 4) is 5.75 Å². The fourth-order valence-corrected chi connectivity index (χ4v) is 6.43. The zero-order valence-corrected chi connectivity index (χ0v) is 26.5. The summed E-state index contributed by atoms with van der Waals surface area (Å²) < 4.78 is 94.0. The SMILES string of the molecule is CCc1cc(OC)c(C2=C(C[N+]3(c4cc(C(F)(F)F)cc(C(F)(F)F)c4)C(=O)OC[C@@H]3C)CC(C)(C)CC2)cc1N(C)C(C)=O. The van der Waals surface area contributed by atoms with Gasteiger partial charge in [-0.05, 0) is 72.9 Å². The van der Waals surface area contributed by atoms with Crippen molar-refractivity contribution in [3.63, 3.8) is 0 Å². The van der Waals surface area contributed by atoms with E-state index in [9.17, 15) is 35.9 Å². The Bertz CT molecular complexity index is 1500. The molecule has 1 heterocycles. The maximum absolute atomic E-state index is 13.9. The second kappa shape index (κ2) is 12.0. The van der Waals surface area contributed by atoms with Crippen LogP contribution in [0.1, 0.15) is 76.1 Å². The summed E-state index contributed by atoms with van der Waals surface area (Å²) in [6, 6.07) is 4.22. The number of aryl methyl sites for hydroxylation is 1. The van der Waals surface area contributed by atoms with Gasteiger partial charge in [0.15, 0.2) is 0 Å². The zero-order valence-electron chi connectivity index (χ0n) is 26.5. The lowest BCUT2D eigenvalue weighted by Gasteiger charge is -2.39. The number of allylic oxidation sites excluding steroid dienone is 1. The van der Waals surface area contributed by atoms with Crippen molar-refractivity contribution >= 4 is 28.9 Å². The van der Waals surface area contributed by atoms with Gasteiger partial charge >= 0.3 is 18.4 Å². The number of hydrogen-bond acceptors (Lipinski definition) is 4. The van der Waals surface area contributed by atoms with E-state index in [1.165, 1.54) is 18.9 Å². The number of carbonyl (C=O) groups excluding carboxylic acids is 2. The molecule has 0 saturated carbocycles. The lowest BCUT2D eigenvalue weighted by molar-refractivity contribution is -0.143. The molecule has 6 nitrogen and oxygen atoms in total. The molecule has 45 heavy (non-hydrogen) atoms. The van der Waals surface area contributed by atoms with Crippen molar-refractivity contribution < 1.29 is 45.4 Å². The molecule has 0 spiro atoms. The third kappa shape index (κ3) is 6.57. The molecular weight excluding hydrogens is 602 g/mol. The van der Waals surface area contributed by atoms with Gasteiger partial charge in [0.1, 0.15) is 30.6 Å². The predicted molar refractivity (Wildman–Crippen MR) is 160 cm³/mol. The molecule has 0 aromatic heterocycles. The van der Waals surface area contributed by atoms with Crippen molar-refractivity contribution in [1.29, 1.82) is 0 Å². The number of alkyl halides is 6. The van der Waals surface area contributed by atoms with E-state index in [0.29, 0.717) is 54.0 Å². The molecule has 1 saturated heterocycles. The fraction of sp³-hybridized carbons (Fsp3) is 0.515. The largest absolute Gasteiger partial charge is 0.522 e. The van der Waals surface area contributed by atoms with Crippen molar-refractivity contribution in [3.05, 3.63) is 58.2 Å². The lowest BCUT2D eigenvalue weighted by Crippen LogP contribution is -2.57. The Hall–Kier alpha value is -3.54. The second-order valence-corrected chi connectivity index (χ2v) is 12.8. The van der Waals surface area contributed by atoms with Gasteiger partial charge in [0.25, 0.3) is 0 Å². The van der Waals surface area contributed by atoms with E-state index >= 15 is 0 Å². The van der Waals surface area contributed by atoms with Crippen LogP contribution in [0.15, 0.2) is 35.9 Å². The Morgan fingerprint density at radius 3 is 2.13 bits per heavy atom. The van der Waals surface area contributed by atoms with Gasteiger partial charge < -0.3 is 14.4 Å². The molecule has 0 radical (unpaired) electrons. The Morgan fingerprint density at radius 1 is 1.07 bits per heavy atom. The van der Waals surface area contributed by atoms with Gasteiger partial charge in [-0.15, -0.1) is 0 Å². The van der Waals surface area contributed by atoms with E-state index in [1.54, 1.807) is 14.0 Å². The van der Waals surface area contributed by atoms with Crippen LogP contribution in [0.25, 0.3) is 5.57 Å². The average Bonchev–Trinajstić information content (AvgIpc) is 3.23. The minimum Gasteiger partial charge on any atom is -0.496 e. The topological polar surface area (TPSA) is 55.8 Å². The molecule has 4 rings (SSSR count). The number of rotatable bonds is 7. The van der Waals surface area contributed by atoms with Gasteiger partial charge in [0, 0.05) is 37.4 Å². The van der Waals surface area contributed by atoms with Crippen LogP contribution in [0.3, 0.4) is 0 Å². The summed E-state index contributed by atoms with van der Waals surface area (Å²) in [5.74, 6) is 0.324. The second-order valence-electron chi connectivity index (χ2n) is 12.8. The first-order valence-electron chi connectivity index (χ1n) is 14.8. The number of methoxy groups -OCH3 is 1. The van der Waals surface area contributed by atoms with Crippen molar-refractivity contribution in [2.45, 2.75) is 78.7 Å². The third-order valence-corrected chi connectivity index (χ3v) is 9.11. The number of amides is 2. The maximum Gasteiger partial charge on any atom is 0.522 e. The number of cyclic esters (lactones) is 1. The van der Waals surface area contributed by atoms with Crippen LogP contribution in [0, 0.1) is 5.41 Å². The summed E-state index contributed by atoms with van der Waals surface area (Å²) in [6.45, 7) is 8.65. The maximum atomic E-state index is 13.9. The van der Waals surface area contributed by atoms with Crippen molar-refractivity contribution in [2.24, 2.45) is 5.41 Å². The monoisotopic (exact) mass is 641 g/mol. The number of hydrogen-bond donors (Lipinski definition) is 0. The molecule has 1 fully saturated rings. The molecule has 2 atom stereocenters. The number of halogens is 6. The van der Waals surface area contributed by atoms with Gasteiger partial charge in [-0.3, -0.25) is 4.79 Å². The van der Waals surface area contributed by atoms with E-state index < -0.39 is 45.8 Å². The molecule has 1 aliphatic carbocycles. The smallest absolute Gasteiger partial charge is 0.496 e. The highest BCUT2D eigenvalue weighted by atomic mass is 19.4. The van der Waals surface area contributed by atoms with Crippen molar-refractivity contribution in [2.75, 3.05) is 32.2 Å². The van der Waals surface area contributed by atoms with Gasteiger partial charge in [0.2, 0.25) is 5.91 Å². The number of benzene rings is 2. The molecule has 2 aromatic carbocycles. The van der Waals surface area contributed by atoms with Gasteiger partial charge in [-0.1, -0.05) is 20.8 Å². The first-order valence-corrected chi connectivity index (χ1v) is 14.8. The average molecular weight is 642 g/mol. The van der Waals surface area contributed by atoms with E-state index in [0.717, 1.165) is 17.6 Å². The van der Waals surface area contributed by atoms with Crippen LogP contribution in [-0.4, -0.2) is 45.4 Å². The van der Waals surface area contributed by atoms with Crippen LogP contribution >= 0.6 is 0 Å². The molecule has 2 aliphatic rings. The first-order chi connectivity index (χ1) is 20.7. The number of ether oxygens (including phenoxy) is 2. The lowest BCUT2D eigenvalue weighted by atomic mass is 9.72. The Kier molecular flexibility index (Phi) is 9.16.